The number of esters is 1. The Balaban J connectivity index is 2.12. The number of carbonyl (C=O) groups excluding carboxylic acids is 2. The summed E-state index contributed by atoms with van der Waals surface area (Å²) in [5, 5.41) is 12.8. The summed E-state index contributed by atoms with van der Waals surface area (Å²) in [6, 6.07) is 12.7. The predicted octanol–water partition coefficient (Wildman–Crippen LogP) is 4.56. The highest BCUT2D eigenvalue weighted by Crippen LogP contribution is 2.26. The van der Waals surface area contributed by atoms with Crippen molar-refractivity contribution in [2.45, 2.75) is 65.8 Å². The summed E-state index contributed by atoms with van der Waals surface area (Å²) in [4.78, 5) is 25.1. The van der Waals surface area contributed by atoms with E-state index >= 15 is 0 Å². The summed E-state index contributed by atoms with van der Waals surface area (Å²) in [5.41, 5.74) is 2.42. The molecule has 6 nitrogen and oxygen atoms in total. The number of carbonyl (C=O) groups is 2. The second-order valence-electron chi connectivity index (χ2n) is 10.4. The zero-order valence-electron chi connectivity index (χ0n) is 20.8. The molecule has 2 N–H and O–H groups in total. The van der Waals surface area contributed by atoms with E-state index in [1.807, 2.05) is 0 Å². The van der Waals surface area contributed by atoms with Crippen molar-refractivity contribution in [2.24, 2.45) is 5.41 Å². The number of nitrogens with one attached hydrogen (secondary N) is 1. The molecule has 0 aromatic heterocycles. The zero-order valence-corrected chi connectivity index (χ0v) is 20.8. The van der Waals surface area contributed by atoms with E-state index in [0.717, 1.165) is 5.56 Å². The minimum absolute atomic E-state index is 0.0207. The number of methoxy groups -OCH3 is 1. The van der Waals surface area contributed by atoms with Crippen molar-refractivity contribution in [3.8, 4) is 11.5 Å². The molecule has 180 valence electrons. The summed E-state index contributed by atoms with van der Waals surface area (Å²) < 4.78 is 10.6. The smallest absolute Gasteiger partial charge is 0.311 e. The molecule has 33 heavy (non-hydrogen) atoms. The molecule has 0 fully saturated rings. The third kappa shape index (κ3) is 8.12. The van der Waals surface area contributed by atoms with E-state index in [1.54, 1.807) is 32.9 Å². The van der Waals surface area contributed by atoms with Gasteiger partial charge in [-0.15, -0.1) is 0 Å². The SMILES string of the molecule is COc1cc(CC(=O)NC(COC(=O)C(C)(C)C)Cc2ccc(C(C)(C)C)cc2)ccc1O. The summed E-state index contributed by atoms with van der Waals surface area (Å²) in [7, 11) is 1.46. The first-order valence-electron chi connectivity index (χ1n) is 11.2. The molecule has 0 heterocycles. The maximum Gasteiger partial charge on any atom is 0.311 e. The molecule has 1 amide bonds. The van der Waals surface area contributed by atoms with Crippen LogP contribution in [0.15, 0.2) is 42.5 Å². The lowest BCUT2D eigenvalue weighted by molar-refractivity contribution is -0.154. The number of amides is 1. The molecule has 0 aliphatic rings. The summed E-state index contributed by atoms with van der Waals surface area (Å²) >= 11 is 0. The highest BCUT2D eigenvalue weighted by atomic mass is 16.5. The van der Waals surface area contributed by atoms with Crippen LogP contribution in [-0.2, 0) is 32.6 Å². The molecule has 0 radical (unpaired) electrons. The fourth-order valence-electron chi connectivity index (χ4n) is 3.27. The largest absolute Gasteiger partial charge is 0.504 e. The van der Waals surface area contributed by atoms with Crippen LogP contribution in [0.5, 0.6) is 11.5 Å². The Labute approximate surface area is 197 Å². The number of rotatable bonds is 8. The van der Waals surface area contributed by atoms with Gasteiger partial charge in [0.15, 0.2) is 11.5 Å². The maximum atomic E-state index is 12.8. The van der Waals surface area contributed by atoms with Crippen LogP contribution in [0.1, 0.15) is 58.2 Å². The Morgan fingerprint density at radius 2 is 1.58 bits per heavy atom. The standard InChI is InChI=1S/C27H37NO5/c1-26(2,3)20-11-8-18(9-12-20)14-21(17-33-25(31)27(4,5)6)28-24(30)16-19-10-13-22(29)23(15-19)32-7/h8-13,15,21,29H,14,16-17H2,1-7H3,(H,28,30). The monoisotopic (exact) mass is 455 g/mol. The second kappa shape index (κ2) is 10.7. The molecule has 0 bridgehead atoms. The fraction of sp³-hybridized carbons (Fsp3) is 0.481. The number of aromatic hydroxyl groups is 1. The Morgan fingerprint density at radius 1 is 0.970 bits per heavy atom. The molecule has 0 saturated heterocycles. The van der Waals surface area contributed by atoms with Crippen molar-refractivity contribution < 1.29 is 24.2 Å². The van der Waals surface area contributed by atoms with Crippen LogP contribution in [0.2, 0.25) is 0 Å². The first-order chi connectivity index (χ1) is 15.3. The highest BCUT2D eigenvalue weighted by Gasteiger charge is 2.25. The third-order valence-corrected chi connectivity index (χ3v) is 5.30. The summed E-state index contributed by atoms with van der Waals surface area (Å²) in [6.45, 7) is 12.0. The van der Waals surface area contributed by atoms with Gasteiger partial charge >= 0.3 is 5.97 Å². The normalized spacial score (nSPS) is 12.7. The van der Waals surface area contributed by atoms with Gasteiger partial charge in [-0.05, 0) is 61.4 Å². The maximum absolute atomic E-state index is 12.8. The van der Waals surface area contributed by atoms with Crippen LogP contribution < -0.4 is 10.1 Å². The molecule has 1 unspecified atom stereocenters. The van der Waals surface area contributed by atoms with Gasteiger partial charge in [0.25, 0.3) is 0 Å². The van der Waals surface area contributed by atoms with Crippen molar-refractivity contribution in [2.75, 3.05) is 13.7 Å². The van der Waals surface area contributed by atoms with E-state index in [1.165, 1.54) is 18.7 Å². The van der Waals surface area contributed by atoms with Gasteiger partial charge in [0.05, 0.1) is 25.0 Å². The number of hydrogen-bond acceptors (Lipinski definition) is 5. The first-order valence-corrected chi connectivity index (χ1v) is 11.2. The number of phenols is 1. The minimum atomic E-state index is -0.620. The average Bonchev–Trinajstić information content (AvgIpc) is 2.72. The van der Waals surface area contributed by atoms with Gasteiger partial charge in [-0.3, -0.25) is 9.59 Å². The van der Waals surface area contributed by atoms with E-state index in [9.17, 15) is 14.7 Å². The van der Waals surface area contributed by atoms with Gasteiger partial charge in [0, 0.05) is 0 Å². The van der Waals surface area contributed by atoms with Gasteiger partial charge in [0.1, 0.15) is 6.61 Å². The molecule has 0 saturated carbocycles. The van der Waals surface area contributed by atoms with Crippen LogP contribution in [0.25, 0.3) is 0 Å². The Bertz CT molecular complexity index is 952. The molecule has 0 aliphatic heterocycles. The molecule has 1 atom stereocenters. The average molecular weight is 456 g/mol. The fourth-order valence-corrected chi connectivity index (χ4v) is 3.27. The molecule has 0 aliphatic carbocycles. The lowest BCUT2D eigenvalue weighted by atomic mass is 9.86. The highest BCUT2D eigenvalue weighted by molar-refractivity contribution is 5.79. The van der Waals surface area contributed by atoms with Crippen LogP contribution in [-0.4, -0.2) is 36.7 Å². The molecular formula is C27H37NO5. The van der Waals surface area contributed by atoms with Crippen molar-refractivity contribution >= 4 is 11.9 Å². The van der Waals surface area contributed by atoms with Gasteiger partial charge in [-0.25, -0.2) is 0 Å². The quantitative estimate of drug-likeness (QED) is 0.570. The van der Waals surface area contributed by atoms with Crippen LogP contribution in [0.3, 0.4) is 0 Å². The zero-order chi connectivity index (χ0) is 24.8. The Kier molecular flexibility index (Phi) is 8.53. The van der Waals surface area contributed by atoms with Crippen LogP contribution >= 0.6 is 0 Å². The Morgan fingerprint density at radius 3 is 2.12 bits per heavy atom. The summed E-state index contributed by atoms with van der Waals surface area (Å²) in [6.07, 6.45) is 0.649. The van der Waals surface area contributed by atoms with Gasteiger partial charge < -0.3 is 19.9 Å². The minimum Gasteiger partial charge on any atom is -0.504 e. The van der Waals surface area contributed by atoms with Gasteiger partial charge in [0.2, 0.25) is 5.91 Å². The van der Waals surface area contributed by atoms with Crippen molar-refractivity contribution in [1.29, 1.82) is 0 Å². The first kappa shape index (κ1) is 26.2. The molecule has 2 aromatic rings. The van der Waals surface area contributed by atoms with E-state index in [-0.39, 0.29) is 42.1 Å². The second-order valence-corrected chi connectivity index (χ2v) is 10.4. The van der Waals surface area contributed by atoms with Gasteiger partial charge in [-0.1, -0.05) is 51.1 Å². The Hall–Kier alpha value is -3.02. The molecular weight excluding hydrogens is 418 g/mol. The van der Waals surface area contributed by atoms with Crippen molar-refractivity contribution in [1.82, 2.24) is 5.32 Å². The van der Waals surface area contributed by atoms with Crippen LogP contribution in [0.4, 0.5) is 0 Å². The van der Waals surface area contributed by atoms with E-state index in [2.05, 4.69) is 50.4 Å². The van der Waals surface area contributed by atoms with E-state index in [4.69, 9.17) is 9.47 Å². The molecule has 2 aromatic carbocycles. The van der Waals surface area contributed by atoms with Crippen LogP contribution in [0, 0.1) is 5.41 Å². The molecule has 0 spiro atoms. The third-order valence-electron chi connectivity index (χ3n) is 5.30. The number of hydrogen-bond donors (Lipinski definition) is 2. The van der Waals surface area contributed by atoms with Gasteiger partial charge in [-0.2, -0.15) is 0 Å². The number of benzene rings is 2. The lowest BCUT2D eigenvalue weighted by Crippen LogP contribution is -2.42. The summed E-state index contributed by atoms with van der Waals surface area (Å²) in [5.74, 6) is -0.179. The number of phenolic OH excluding ortho intramolecular Hbond substituents is 1. The molecule has 2 rings (SSSR count). The lowest BCUT2D eigenvalue weighted by Gasteiger charge is -2.23. The van der Waals surface area contributed by atoms with E-state index < -0.39 is 5.41 Å². The van der Waals surface area contributed by atoms with Crippen molar-refractivity contribution in [3.05, 3.63) is 59.2 Å². The number of ether oxygens (including phenoxy) is 2. The van der Waals surface area contributed by atoms with Crippen molar-refractivity contribution in [3.63, 3.8) is 0 Å². The predicted molar refractivity (Wildman–Crippen MR) is 130 cm³/mol. The topological polar surface area (TPSA) is 84.9 Å². The van der Waals surface area contributed by atoms with E-state index in [0.29, 0.717) is 17.7 Å². The molecule has 6 heteroatoms.